The zero-order valence-corrected chi connectivity index (χ0v) is 20.3. The standard InChI is InChI=1S/C28H32N6O/c1-18-3-6-24-25(15-30-27(24)11-18)26-7-8-29-28(32-26)31-23-13-20(12-22(14-23)21-4-5-21)17-33-9-10-34(35)19(2)16-33/h3,6-8,11-15,19,21,30,35H,4-5,9-10,16-17H2,1-2H3,(H,29,31,32)/t19-/m0/s1. The van der Waals surface area contributed by atoms with Crippen molar-refractivity contribution in [3.63, 3.8) is 0 Å². The Labute approximate surface area is 205 Å². The average Bonchev–Trinajstić information content (AvgIpc) is 3.61. The van der Waals surface area contributed by atoms with Crippen molar-refractivity contribution >= 4 is 22.5 Å². The number of aromatic amines is 1. The number of anilines is 2. The molecule has 1 saturated carbocycles. The maximum atomic E-state index is 9.94. The van der Waals surface area contributed by atoms with Gasteiger partial charge in [0, 0.05) is 66.8 Å². The van der Waals surface area contributed by atoms with E-state index in [-0.39, 0.29) is 6.04 Å². The molecule has 7 heteroatoms. The van der Waals surface area contributed by atoms with Crippen LogP contribution in [0, 0.1) is 6.92 Å². The highest BCUT2D eigenvalue weighted by molar-refractivity contribution is 5.95. The summed E-state index contributed by atoms with van der Waals surface area (Å²) < 4.78 is 0. The van der Waals surface area contributed by atoms with Crippen LogP contribution in [0.4, 0.5) is 11.6 Å². The van der Waals surface area contributed by atoms with Gasteiger partial charge < -0.3 is 15.5 Å². The molecule has 4 aromatic rings. The highest BCUT2D eigenvalue weighted by Gasteiger charge is 2.26. The molecule has 7 nitrogen and oxygen atoms in total. The normalized spacial score (nSPS) is 19.3. The van der Waals surface area contributed by atoms with E-state index in [0.717, 1.165) is 47.5 Å². The van der Waals surface area contributed by atoms with Gasteiger partial charge in [-0.2, -0.15) is 5.06 Å². The molecule has 2 fully saturated rings. The number of nitrogens with one attached hydrogen (secondary N) is 2. The molecule has 3 N–H and O–H groups in total. The van der Waals surface area contributed by atoms with Gasteiger partial charge in [-0.05, 0) is 73.6 Å². The van der Waals surface area contributed by atoms with Crippen molar-refractivity contribution in [1.29, 1.82) is 0 Å². The highest BCUT2D eigenvalue weighted by atomic mass is 16.5. The number of hydroxylamine groups is 2. The Morgan fingerprint density at radius 3 is 2.83 bits per heavy atom. The van der Waals surface area contributed by atoms with Gasteiger partial charge in [-0.25, -0.2) is 9.97 Å². The Morgan fingerprint density at radius 2 is 2.00 bits per heavy atom. The summed E-state index contributed by atoms with van der Waals surface area (Å²) in [6, 6.07) is 15.4. The molecule has 0 bridgehead atoms. The van der Waals surface area contributed by atoms with Crippen molar-refractivity contribution in [1.82, 2.24) is 24.9 Å². The minimum atomic E-state index is 0.150. The van der Waals surface area contributed by atoms with E-state index in [4.69, 9.17) is 4.98 Å². The summed E-state index contributed by atoms with van der Waals surface area (Å²) in [7, 11) is 0. The lowest BCUT2D eigenvalue weighted by molar-refractivity contribution is -0.151. The van der Waals surface area contributed by atoms with E-state index in [0.29, 0.717) is 18.4 Å². The molecule has 1 saturated heterocycles. The van der Waals surface area contributed by atoms with Crippen LogP contribution >= 0.6 is 0 Å². The van der Waals surface area contributed by atoms with Gasteiger partial charge >= 0.3 is 0 Å². The summed E-state index contributed by atoms with van der Waals surface area (Å²) in [4.78, 5) is 15.2. The summed E-state index contributed by atoms with van der Waals surface area (Å²) in [5.74, 6) is 1.26. The smallest absolute Gasteiger partial charge is 0.227 e. The van der Waals surface area contributed by atoms with Crippen LogP contribution in [0.3, 0.4) is 0 Å². The first kappa shape index (κ1) is 22.2. The first-order chi connectivity index (χ1) is 17.0. The molecule has 1 aliphatic heterocycles. The Bertz CT molecular complexity index is 1360. The maximum Gasteiger partial charge on any atom is 0.227 e. The predicted octanol–water partition coefficient (Wildman–Crippen LogP) is 5.45. The largest absolute Gasteiger partial charge is 0.360 e. The number of fused-ring (bicyclic) bond motifs is 1. The SMILES string of the molecule is Cc1ccc2c(-c3ccnc(Nc4cc(CN5CCN(O)[C@@H](C)C5)cc(C5CC5)c4)n3)c[nH]c2c1. The number of hydrogen-bond donors (Lipinski definition) is 3. The van der Waals surface area contributed by atoms with E-state index in [1.54, 1.807) is 0 Å². The van der Waals surface area contributed by atoms with Crippen molar-refractivity contribution in [2.24, 2.45) is 0 Å². The van der Waals surface area contributed by atoms with Crippen LogP contribution in [-0.2, 0) is 6.54 Å². The first-order valence-electron chi connectivity index (χ1n) is 12.5. The molecule has 1 aliphatic carbocycles. The fourth-order valence-corrected chi connectivity index (χ4v) is 5.11. The lowest BCUT2D eigenvalue weighted by Crippen LogP contribution is -2.49. The van der Waals surface area contributed by atoms with Gasteiger partial charge in [0.2, 0.25) is 5.95 Å². The third-order valence-electron chi connectivity index (χ3n) is 7.17. The molecule has 3 heterocycles. The summed E-state index contributed by atoms with van der Waals surface area (Å²) in [6.45, 7) is 7.46. The van der Waals surface area contributed by atoms with Crippen LogP contribution in [0.5, 0.6) is 0 Å². The zero-order valence-electron chi connectivity index (χ0n) is 20.3. The molecule has 180 valence electrons. The molecular formula is C28H32N6O. The van der Waals surface area contributed by atoms with Crippen LogP contribution in [0.25, 0.3) is 22.2 Å². The summed E-state index contributed by atoms with van der Waals surface area (Å²) in [6.07, 6.45) is 6.36. The lowest BCUT2D eigenvalue weighted by atomic mass is 10.0. The van der Waals surface area contributed by atoms with Crippen molar-refractivity contribution in [3.8, 4) is 11.3 Å². The number of piperazine rings is 1. The summed E-state index contributed by atoms with van der Waals surface area (Å²) >= 11 is 0. The molecule has 0 unspecified atom stereocenters. The van der Waals surface area contributed by atoms with E-state index >= 15 is 0 Å². The van der Waals surface area contributed by atoms with Crippen LogP contribution < -0.4 is 5.32 Å². The number of H-pyrrole nitrogens is 1. The number of benzene rings is 2. The Hall–Kier alpha value is -3.26. The minimum Gasteiger partial charge on any atom is -0.360 e. The summed E-state index contributed by atoms with van der Waals surface area (Å²) in [5.41, 5.74) is 8.04. The molecule has 1 atom stereocenters. The molecule has 0 spiro atoms. The van der Waals surface area contributed by atoms with Crippen LogP contribution in [-0.4, -0.2) is 55.8 Å². The Morgan fingerprint density at radius 1 is 1.11 bits per heavy atom. The second-order valence-electron chi connectivity index (χ2n) is 10.1. The molecule has 0 radical (unpaired) electrons. The number of aromatic nitrogens is 3. The van der Waals surface area contributed by atoms with Gasteiger partial charge in [-0.1, -0.05) is 18.2 Å². The summed E-state index contributed by atoms with van der Waals surface area (Å²) in [5, 5.41) is 16.0. The molecule has 6 rings (SSSR count). The van der Waals surface area contributed by atoms with Gasteiger partial charge in [0.25, 0.3) is 0 Å². The maximum absolute atomic E-state index is 9.94. The fraction of sp³-hybridized carbons (Fsp3) is 0.357. The van der Waals surface area contributed by atoms with Gasteiger partial charge in [0.15, 0.2) is 0 Å². The number of hydrogen-bond acceptors (Lipinski definition) is 6. The van der Waals surface area contributed by atoms with Crippen molar-refractivity contribution < 1.29 is 5.21 Å². The number of rotatable bonds is 6. The first-order valence-corrected chi connectivity index (χ1v) is 12.5. The van der Waals surface area contributed by atoms with Crippen molar-refractivity contribution in [3.05, 3.63) is 71.5 Å². The Kier molecular flexibility index (Phi) is 5.76. The van der Waals surface area contributed by atoms with Crippen molar-refractivity contribution in [2.75, 3.05) is 25.0 Å². The van der Waals surface area contributed by atoms with Gasteiger partial charge in [0.05, 0.1) is 5.69 Å². The highest BCUT2D eigenvalue weighted by Crippen LogP contribution is 2.41. The molecule has 35 heavy (non-hydrogen) atoms. The van der Waals surface area contributed by atoms with Crippen molar-refractivity contribution in [2.45, 2.75) is 45.2 Å². The number of aryl methyl sites for hydroxylation is 1. The van der Waals surface area contributed by atoms with Gasteiger partial charge in [-0.3, -0.25) is 4.90 Å². The van der Waals surface area contributed by atoms with E-state index in [1.807, 2.05) is 18.5 Å². The third kappa shape index (κ3) is 4.80. The van der Waals surface area contributed by atoms with E-state index in [1.165, 1.54) is 34.6 Å². The minimum absolute atomic E-state index is 0.150. The topological polar surface area (TPSA) is 80.3 Å². The molecule has 2 aliphatic rings. The molecular weight excluding hydrogens is 436 g/mol. The second-order valence-corrected chi connectivity index (χ2v) is 10.1. The fourth-order valence-electron chi connectivity index (χ4n) is 5.11. The van der Waals surface area contributed by atoms with Crippen LogP contribution in [0.15, 0.2) is 54.9 Å². The van der Waals surface area contributed by atoms with E-state index in [2.05, 4.69) is 70.4 Å². The quantitative estimate of drug-likeness (QED) is 0.349. The van der Waals surface area contributed by atoms with Gasteiger partial charge in [0.1, 0.15) is 0 Å². The average molecular weight is 469 g/mol. The van der Waals surface area contributed by atoms with Crippen LogP contribution in [0.2, 0.25) is 0 Å². The van der Waals surface area contributed by atoms with Crippen LogP contribution in [0.1, 0.15) is 42.4 Å². The molecule has 2 aromatic carbocycles. The monoisotopic (exact) mass is 468 g/mol. The Balaban J connectivity index is 1.26. The predicted molar refractivity (Wildman–Crippen MR) is 139 cm³/mol. The lowest BCUT2D eigenvalue weighted by Gasteiger charge is -2.36. The van der Waals surface area contributed by atoms with E-state index in [9.17, 15) is 5.21 Å². The molecule has 0 amide bonds. The van der Waals surface area contributed by atoms with Gasteiger partial charge in [-0.15, -0.1) is 0 Å². The number of nitrogens with zero attached hydrogens (tertiary/aromatic N) is 4. The second kappa shape index (κ2) is 9.07. The third-order valence-corrected chi connectivity index (χ3v) is 7.17. The zero-order chi connectivity index (χ0) is 23.9. The molecule has 2 aromatic heterocycles. The van der Waals surface area contributed by atoms with E-state index < -0.39 is 0 Å².